The second-order valence-corrected chi connectivity index (χ2v) is 7.34. The monoisotopic (exact) mass is 365 g/mol. The third-order valence-corrected chi connectivity index (χ3v) is 5.53. The predicted octanol–water partition coefficient (Wildman–Crippen LogP) is 4.39. The van der Waals surface area contributed by atoms with E-state index in [-0.39, 0.29) is 18.0 Å². The van der Waals surface area contributed by atoms with Crippen molar-refractivity contribution in [2.24, 2.45) is 5.92 Å². The fourth-order valence-electron chi connectivity index (χ4n) is 4.22. The molecule has 1 fully saturated rings. The Balaban J connectivity index is 2.02. The van der Waals surface area contributed by atoms with Crippen molar-refractivity contribution >= 4 is 11.7 Å². The van der Waals surface area contributed by atoms with Gasteiger partial charge < -0.3 is 10.6 Å². The molecule has 0 spiro atoms. The molecule has 1 aliphatic rings. The fraction of sp³-hybridized carbons (Fsp3) is 0.435. The van der Waals surface area contributed by atoms with Crippen LogP contribution in [0.3, 0.4) is 0 Å². The van der Waals surface area contributed by atoms with Crippen LogP contribution in [0.5, 0.6) is 0 Å². The summed E-state index contributed by atoms with van der Waals surface area (Å²) in [6.07, 6.45) is 2.29. The smallest absolute Gasteiger partial charge is 0.322 e. The zero-order valence-electron chi connectivity index (χ0n) is 16.4. The van der Waals surface area contributed by atoms with Gasteiger partial charge in [-0.05, 0) is 56.5 Å². The van der Waals surface area contributed by atoms with Gasteiger partial charge in [0.05, 0.1) is 0 Å². The molecule has 4 heteroatoms. The van der Waals surface area contributed by atoms with Crippen LogP contribution >= 0.6 is 0 Å². The van der Waals surface area contributed by atoms with E-state index in [1.54, 1.807) is 0 Å². The second-order valence-electron chi connectivity index (χ2n) is 7.34. The van der Waals surface area contributed by atoms with Crippen molar-refractivity contribution in [1.29, 1.82) is 0 Å². The molecule has 3 unspecified atom stereocenters. The fourth-order valence-corrected chi connectivity index (χ4v) is 4.22. The normalized spacial score (nSPS) is 19.1. The molecule has 1 aliphatic heterocycles. The highest BCUT2D eigenvalue weighted by atomic mass is 16.2. The zero-order chi connectivity index (χ0) is 19.1. The first kappa shape index (κ1) is 19.4. The lowest BCUT2D eigenvalue weighted by atomic mass is 9.80. The molecule has 1 saturated heterocycles. The summed E-state index contributed by atoms with van der Waals surface area (Å²) in [6, 6.07) is 20.7. The number of urea groups is 1. The lowest BCUT2D eigenvalue weighted by molar-refractivity contribution is 0.232. The van der Waals surface area contributed by atoms with E-state index >= 15 is 0 Å². The number of benzene rings is 2. The lowest BCUT2D eigenvalue weighted by Crippen LogP contribution is -2.54. The molecule has 27 heavy (non-hydrogen) atoms. The van der Waals surface area contributed by atoms with E-state index in [1.165, 1.54) is 5.56 Å². The molecule has 1 heterocycles. The average molecular weight is 366 g/mol. The Morgan fingerprint density at radius 1 is 1.15 bits per heavy atom. The van der Waals surface area contributed by atoms with Gasteiger partial charge in [0.2, 0.25) is 0 Å². The number of hydrogen-bond acceptors (Lipinski definition) is 2. The topological polar surface area (TPSA) is 44.4 Å². The average Bonchev–Trinajstić information content (AvgIpc) is 2.73. The summed E-state index contributed by atoms with van der Waals surface area (Å²) in [5.74, 6) is 0.649. The van der Waals surface area contributed by atoms with Crippen LogP contribution in [-0.2, 0) is 0 Å². The molecular formula is C23H31N3O. The standard InChI is InChI=1S/C23H31N3O/c1-3-25-23(27)26(21-14-8-5-9-15-21)22(20-13-10-16-24-17-20)18(2)19-11-6-4-7-12-19/h4-9,11-12,14-15,18,20,22,24H,3,10,13,16-17H2,1-2H3,(H,25,27). The van der Waals surface area contributed by atoms with Crippen molar-refractivity contribution in [1.82, 2.24) is 10.6 Å². The van der Waals surface area contributed by atoms with Crippen LogP contribution in [0.15, 0.2) is 60.7 Å². The largest absolute Gasteiger partial charge is 0.338 e. The van der Waals surface area contributed by atoms with Crippen LogP contribution in [0.1, 0.15) is 38.2 Å². The Hall–Kier alpha value is -2.33. The molecular weight excluding hydrogens is 334 g/mol. The molecule has 2 amide bonds. The Bertz CT molecular complexity index is 698. The van der Waals surface area contributed by atoms with Gasteiger partial charge in [-0.1, -0.05) is 55.5 Å². The zero-order valence-corrected chi connectivity index (χ0v) is 16.4. The van der Waals surface area contributed by atoms with Crippen LogP contribution < -0.4 is 15.5 Å². The molecule has 3 rings (SSSR count). The highest BCUT2D eigenvalue weighted by Gasteiger charge is 2.37. The highest BCUT2D eigenvalue weighted by Crippen LogP contribution is 2.34. The molecule has 2 aromatic carbocycles. The van der Waals surface area contributed by atoms with Gasteiger partial charge in [0.1, 0.15) is 0 Å². The molecule has 2 aromatic rings. The van der Waals surface area contributed by atoms with Crippen molar-refractivity contribution in [3.8, 4) is 0 Å². The minimum atomic E-state index is -0.0120. The van der Waals surface area contributed by atoms with Crippen LogP contribution in [0.25, 0.3) is 0 Å². The lowest BCUT2D eigenvalue weighted by Gasteiger charge is -2.42. The Kier molecular flexibility index (Phi) is 6.88. The molecule has 0 bridgehead atoms. The summed E-state index contributed by atoms with van der Waals surface area (Å²) in [6.45, 7) is 6.86. The van der Waals surface area contributed by atoms with Crippen molar-refractivity contribution in [3.63, 3.8) is 0 Å². The van der Waals surface area contributed by atoms with Crippen molar-refractivity contribution in [3.05, 3.63) is 66.2 Å². The maximum absolute atomic E-state index is 13.2. The van der Waals surface area contributed by atoms with Crippen LogP contribution in [0, 0.1) is 5.92 Å². The molecule has 3 atom stereocenters. The second kappa shape index (κ2) is 9.56. The number of piperidine rings is 1. The molecule has 0 radical (unpaired) electrons. The SMILES string of the molecule is CCNC(=O)N(c1ccccc1)C(C1CCCNC1)C(C)c1ccccc1. The summed E-state index contributed by atoms with van der Waals surface area (Å²) >= 11 is 0. The summed E-state index contributed by atoms with van der Waals surface area (Å²) < 4.78 is 0. The molecule has 0 saturated carbocycles. The van der Waals surface area contributed by atoms with E-state index in [1.807, 2.05) is 48.2 Å². The number of hydrogen-bond donors (Lipinski definition) is 2. The number of nitrogens with one attached hydrogen (secondary N) is 2. The van der Waals surface area contributed by atoms with Crippen LogP contribution in [-0.4, -0.2) is 31.7 Å². The first-order valence-electron chi connectivity index (χ1n) is 10.1. The van der Waals surface area contributed by atoms with Gasteiger partial charge in [0.25, 0.3) is 0 Å². The number of rotatable bonds is 6. The third-order valence-electron chi connectivity index (χ3n) is 5.53. The molecule has 0 aliphatic carbocycles. The van der Waals surface area contributed by atoms with Gasteiger partial charge in [-0.25, -0.2) is 4.79 Å². The summed E-state index contributed by atoms with van der Waals surface area (Å²) in [7, 11) is 0. The molecule has 0 aromatic heterocycles. The summed E-state index contributed by atoms with van der Waals surface area (Å²) in [5, 5.41) is 6.58. The van der Waals surface area contributed by atoms with E-state index < -0.39 is 0 Å². The quantitative estimate of drug-likeness (QED) is 0.797. The number of amides is 2. The maximum Gasteiger partial charge on any atom is 0.322 e. The van der Waals surface area contributed by atoms with Crippen molar-refractivity contribution < 1.29 is 4.79 Å². The number of anilines is 1. The number of carbonyl (C=O) groups is 1. The summed E-state index contributed by atoms with van der Waals surface area (Å²) in [5.41, 5.74) is 2.24. The maximum atomic E-state index is 13.2. The minimum Gasteiger partial charge on any atom is -0.338 e. The number of para-hydroxylation sites is 1. The van der Waals surface area contributed by atoms with E-state index in [9.17, 15) is 4.79 Å². The molecule has 144 valence electrons. The van der Waals surface area contributed by atoms with Crippen molar-refractivity contribution in [2.75, 3.05) is 24.5 Å². The van der Waals surface area contributed by atoms with Crippen LogP contribution in [0.2, 0.25) is 0 Å². The van der Waals surface area contributed by atoms with E-state index in [4.69, 9.17) is 0 Å². The predicted molar refractivity (Wildman–Crippen MR) is 112 cm³/mol. The number of carbonyl (C=O) groups excluding carboxylic acids is 1. The Morgan fingerprint density at radius 2 is 1.81 bits per heavy atom. The first-order valence-corrected chi connectivity index (χ1v) is 10.1. The molecule has 2 N–H and O–H groups in total. The van der Waals surface area contributed by atoms with Gasteiger partial charge in [0.15, 0.2) is 0 Å². The Labute approximate surface area is 163 Å². The minimum absolute atomic E-state index is 0.0120. The Morgan fingerprint density at radius 3 is 2.41 bits per heavy atom. The van der Waals surface area contributed by atoms with Gasteiger partial charge in [-0.15, -0.1) is 0 Å². The van der Waals surface area contributed by atoms with E-state index in [0.717, 1.165) is 31.6 Å². The summed E-state index contributed by atoms with van der Waals surface area (Å²) in [4.78, 5) is 15.2. The van der Waals surface area contributed by atoms with E-state index in [0.29, 0.717) is 12.5 Å². The molecule has 4 nitrogen and oxygen atoms in total. The van der Waals surface area contributed by atoms with Gasteiger partial charge in [-0.2, -0.15) is 0 Å². The third kappa shape index (κ3) is 4.69. The van der Waals surface area contributed by atoms with E-state index in [2.05, 4.69) is 41.8 Å². The first-order chi connectivity index (χ1) is 13.2. The number of nitrogens with zero attached hydrogens (tertiary/aromatic N) is 1. The van der Waals surface area contributed by atoms with Crippen molar-refractivity contribution in [2.45, 2.75) is 38.6 Å². The van der Waals surface area contributed by atoms with Gasteiger partial charge in [0, 0.05) is 24.2 Å². The highest BCUT2D eigenvalue weighted by molar-refractivity contribution is 5.92. The van der Waals surface area contributed by atoms with Crippen LogP contribution in [0.4, 0.5) is 10.5 Å². The van der Waals surface area contributed by atoms with Gasteiger partial charge in [-0.3, -0.25) is 4.90 Å². The van der Waals surface area contributed by atoms with Gasteiger partial charge >= 0.3 is 6.03 Å².